The fourth-order valence-corrected chi connectivity index (χ4v) is 3.38. The van der Waals surface area contributed by atoms with E-state index in [0.717, 1.165) is 12.5 Å². The van der Waals surface area contributed by atoms with Crippen LogP contribution >= 0.6 is 22.2 Å². The number of ether oxygens (including phenoxy) is 1. The molecule has 0 aliphatic rings. The number of carbonyl (C=O) groups excluding carboxylic acids is 1. The summed E-state index contributed by atoms with van der Waals surface area (Å²) in [5.74, 6) is -0.172. The van der Waals surface area contributed by atoms with Gasteiger partial charge in [0, 0.05) is 6.92 Å². The van der Waals surface area contributed by atoms with Gasteiger partial charge >= 0.3 is 5.97 Å². The van der Waals surface area contributed by atoms with E-state index in [1.807, 2.05) is 0 Å². The number of hydrogen-bond acceptors (Lipinski definition) is 2. The molecule has 0 rings (SSSR count). The standard InChI is InChI=1S/C13H26Cl2O2Si/c1-13(16)17-11-9-7-5-3-2-4-6-8-10-12-18(14)15/h18H,2-12H2,1H3. The second kappa shape index (κ2) is 13.7. The summed E-state index contributed by atoms with van der Waals surface area (Å²) in [7, 11) is -1.35. The van der Waals surface area contributed by atoms with E-state index in [9.17, 15) is 4.79 Å². The highest BCUT2D eigenvalue weighted by Gasteiger charge is 2.00. The van der Waals surface area contributed by atoms with Crippen molar-refractivity contribution in [3.05, 3.63) is 0 Å². The van der Waals surface area contributed by atoms with Crippen molar-refractivity contribution >= 4 is 35.5 Å². The van der Waals surface area contributed by atoms with Crippen LogP contribution in [-0.2, 0) is 9.53 Å². The Bertz CT molecular complexity index is 201. The first-order valence-corrected chi connectivity index (χ1v) is 11.3. The van der Waals surface area contributed by atoms with Gasteiger partial charge in [-0.25, -0.2) is 0 Å². The molecule has 0 aliphatic carbocycles. The summed E-state index contributed by atoms with van der Waals surface area (Å²) in [6.07, 6.45) is 11.1. The molecule has 0 aliphatic heterocycles. The molecule has 0 fully saturated rings. The van der Waals surface area contributed by atoms with Gasteiger partial charge in [-0.1, -0.05) is 51.4 Å². The van der Waals surface area contributed by atoms with E-state index in [0.29, 0.717) is 6.61 Å². The summed E-state index contributed by atoms with van der Waals surface area (Å²) in [5, 5.41) is 0. The van der Waals surface area contributed by atoms with Gasteiger partial charge in [0.2, 0.25) is 7.42 Å². The molecular weight excluding hydrogens is 287 g/mol. The molecule has 2 nitrogen and oxygen atoms in total. The van der Waals surface area contributed by atoms with E-state index in [-0.39, 0.29) is 5.97 Å². The molecule has 0 spiro atoms. The molecule has 0 heterocycles. The Hall–Kier alpha value is 0.267. The summed E-state index contributed by atoms with van der Waals surface area (Å²) >= 11 is 11.6. The number of halogens is 2. The molecular formula is C13H26Cl2O2Si. The molecule has 0 saturated heterocycles. The third kappa shape index (κ3) is 16.3. The Balaban J connectivity index is 2.97. The minimum Gasteiger partial charge on any atom is -0.466 e. The molecule has 0 aromatic rings. The second-order valence-corrected chi connectivity index (χ2v) is 9.89. The van der Waals surface area contributed by atoms with Crippen LogP contribution in [-0.4, -0.2) is 20.0 Å². The van der Waals surface area contributed by atoms with Crippen molar-refractivity contribution < 1.29 is 9.53 Å². The third-order valence-electron chi connectivity index (χ3n) is 2.87. The van der Waals surface area contributed by atoms with Crippen LogP contribution in [0.2, 0.25) is 6.04 Å². The topological polar surface area (TPSA) is 26.3 Å². The van der Waals surface area contributed by atoms with Crippen molar-refractivity contribution in [2.24, 2.45) is 0 Å². The highest BCUT2D eigenvalue weighted by Crippen LogP contribution is 2.13. The van der Waals surface area contributed by atoms with Crippen LogP contribution in [0, 0.1) is 0 Å². The predicted molar refractivity (Wildman–Crippen MR) is 81.8 cm³/mol. The maximum atomic E-state index is 10.5. The third-order valence-corrected chi connectivity index (χ3v) is 5.03. The first kappa shape index (κ1) is 18.3. The normalized spacial score (nSPS) is 10.9. The largest absolute Gasteiger partial charge is 0.466 e. The van der Waals surface area contributed by atoms with Crippen molar-refractivity contribution in [3.8, 4) is 0 Å². The van der Waals surface area contributed by atoms with Crippen molar-refractivity contribution in [1.82, 2.24) is 0 Å². The van der Waals surface area contributed by atoms with Gasteiger partial charge in [-0.15, -0.1) is 0 Å². The number of hydrogen-bond donors (Lipinski definition) is 0. The lowest BCUT2D eigenvalue weighted by Crippen LogP contribution is -2.00. The van der Waals surface area contributed by atoms with Gasteiger partial charge in [0.15, 0.2) is 0 Å². The number of rotatable bonds is 12. The molecule has 0 unspecified atom stereocenters. The van der Waals surface area contributed by atoms with Gasteiger partial charge in [-0.05, 0) is 12.5 Å². The Kier molecular flexibility index (Phi) is 13.9. The summed E-state index contributed by atoms with van der Waals surface area (Å²) in [4.78, 5) is 10.5. The summed E-state index contributed by atoms with van der Waals surface area (Å²) in [6.45, 7) is 2.04. The van der Waals surface area contributed by atoms with Gasteiger partial charge in [0.25, 0.3) is 0 Å². The van der Waals surface area contributed by atoms with Crippen molar-refractivity contribution in [2.75, 3.05) is 6.61 Å². The fraction of sp³-hybridized carbons (Fsp3) is 0.923. The Morgan fingerprint density at radius 2 is 1.33 bits per heavy atom. The highest BCUT2D eigenvalue weighted by atomic mass is 35.7. The molecule has 0 N–H and O–H groups in total. The van der Waals surface area contributed by atoms with E-state index in [4.69, 9.17) is 26.9 Å². The summed E-state index contributed by atoms with van der Waals surface area (Å²) in [6, 6.07) is 1.05. The Morgan fingerprint density at radius 3 is 1.78 bits per heavy atom. The molecule has 108 valence electrons. The van der Waals surface area contributed by atoms with Crippen LogP contribution in [0.1, 0.15) is 64.7 Å². The zero-order chi connectivity index (χ0) is 13.6. The average molecular weight is 313 g/mol. The van der Waals surface area contributed by atoms with Crippen molar-refractivity contribution in [3.63, 3.8) is 0 Å². The number of carbonyl (C=O) groups is 1. The molecule has 5 heteroatoms. The number of esters is 1. The lowest BCUT2D eigenvalue weighted by atomic mass is 10.1. The van der Waals surface area contributed by atoms with E-state index in [1.54, 1.807) is 0 Å². The van der Waals surface area contributed by atoms with Crippen LogP contribution in [0.3, 0.4) is 0 Å². The molecule has 18 heavy (non-hydrogen) atoms. The van der Waals surface area contributed by atoms with E-state index < -0.39 is 7.42 Å². The van der Waals surface area contributed by atoms with Crippen molar-refractivity contribution in [2.45, 2.75) is 70.8 Å². The number of unbranched alkanes of at least 4 members (excludes halogenated alkanes) is 8. The first-order chi connectivity index (χ1) is 8.63. The highest BCUT2D eigenvalue weighted by molar-refractivity contribution is 7.33. The second-order valence-electron chi connectivity index (χ2n) is 4.70. The maximum Gasteiger partial charge on any atom is 0.302 e. The van der Waals surface area contributed by atoms with E-state index in [2.05, 4.69) is 0 Å². The SMILES string of the molecule is CC(=O)OCCCCCCCCCCC[SiH](Cl)Cl. The average Bonchev–Trinajstić information content (AvgIpc) is 2.29. The van der Waals surface area contributed by atoms with Gasteiger partial charge < -0.3 is 4.74 Å². The molecule has 0 saturated carbocycles. The van der Waals surface area contributed by atoms with Gasteiger partial charge in [0.1, 0.15) is 0 Å². The summed E-state index contributed by atoms with van der Waals surface area (Å²) in [5.41, 5.74) is 0. The minimum absolute atomic E-state index is 0.172. The van der Waals surface area contributed by atoms with E-state index in [1.165, 1.54) is 58.3 Å². The predicted octanol–water partition coefficient (Wildman–Crippen LogP) is 4.76. The van der Waals surface area contributed by atoms with Gasteiger partial charge in [-0.2, -0.15) is 22.2 Å². The fourth-order valence-electron chi connectivity index (χ4n) is 1.85. The van der Waals surface area contributed by atoms with Crippen LogP contribution in [0.4, 0.5) is 0 Å². The molecule has 0 aromatic carbocycles. The maximum absolute atomic E-state index is 10.5. The molecule has 0 bridgehead atoms. The lowest BCUT2D eigenvalue weighted by Gasteiger charge is -2.03. The van der Waals surface area contributed by atoms with Crippen LogP contribution < -0.4 is 0 Å². The first-order valence-electron chi connectivity index (χ1n) is 7.04. The van der Waals surface area contributed by atoms with E-state index >= 15 is 0 Å². The minimum atomic E-state index is -1.35. The quantitative estimate of drug-likeness (QED) is 0.225. The van der Waals surface area contributed by atoms with Gasteiger partial charge in [0.05, 0.1) is 6.61 Å². The molecule has 0 radical (unpaired) electrons. The monoisotopic (exact) mass is 312 g/mol. The zero-order valence-corrected chi connectivity index (χ0v) is 14.1. The zero-order valence-electron chi connectivity index (χ0n) is 11.4. The van der Waals surface area contributed by atoms with Crippen LogP contribution in [0.15, 0.2) is 0 Å². The van der Waals surface area contributed by atoms with Gasteiger partial charge in [-0.3, -0.25) is 4.79 Å². The van der Waals surface area contributed by atoms with Crippen molar-refractivity contribution in [1.29, 1.82) is 0 Å². The molecule has 0 amide bonds. The summed E-state index contributed by atoms with van der Waals surface area (Å²) < 4.78 is 4.88. The van der Waals surface area contributed by atoms with Crippen LogP contribution in [0.5, 0.6) is 0 Å². The lowest BCUT2D eigenvalue weighted by molar-refractivity contribution is -0.141. The Labute approximate surface area is 122 Å². The smallest absolute Gasteiger partial charge is 0.302 e. The molecule has 0 aromatic heterocycles. The molecule has 0 atom stereocenters. The Morgan fingerprint density at radius 1 is 0.889 bits per heavy atom. The van der Waals surface area contributed by atoms with Crippen LogP contribution in [0.25, 0.3) is 0 Å².